The van der Waals surface area contributed by atoms with Gasteiger partial charge in [-0.05, 0) is 44.8 Å². The van der Waals surface area contributed by atoms with E-state index in [1.807, 2.05) is 78.9 Å². The zero-order valence-electron chi connectivity index (χ0n) is 22.2. The summed E-state index contributed by atoms with van der Waals surface area (Å²) in [6, 6.07) is 51.3. The smallest absolute Gasteiger partial charge is 0.172 e. The van der Waals surface area contributed by atoms with Crippen LogP contribution in [0, 0.1) is 0 Å². The summed E-state index contributed by atoms with van der Waals surface area (Å²) in [5, 5.41) is 8.89. The minimum Gasteiger partial charge on any atom is -0.456 e. The van der Waals surface area contributed by atoms with Gasteiger partial charge in [-0.15, -0.1) is 0 Å². The molecule has 0 bridgehead atoms. The van der Waals surface area contributed by atoms with Gasteiger partial charge in [0, 0.05) is 26.7 Å². The van der Waals surface area contributed by atoms with E-state index >= 15 is 4.57 Å². The Bertz CT molecular complexity index is 2180. The number of hydrogen-bond donors (Lipinski definition) is 0. The van der Waals surface area contributed by atoms with Crippen molar-refractivity contribution in [2.75, 3.05) is 0 Å². The highest BCUT2D eigenvalue weighted by Crippen LogP contribution is 2.50. The van der Waals surface area contributed by atoms with E-state index < -0.39 is 7.14 Å². The maximum Gasteiger partial charge on any atom is 0.172 e. The minimum atomic E-state index is -3.27. The fourth-order valence-electron chi connectivity index (χ4n) is 6.40. The van der Waals surface area contributed by atoms with E-state index in [0.29, 0.717) is 0 Å². The van der Waals surface area contributed by atoms with E-state index in [2.05, 4.69) is 72.8 Å². The lowest BCUT2D eigenvalue weighted by Gasteiger charge is -2.25. The molecule has 0 saturated heterocycles. The standard InChI is InChI=1S/C38H25O2P/c39-41(26-14-3-1-4-15-26,27-16-5-2-6-17-27)38-30-20-9-7-18-28(30)36(29-19-8-10-21-31(29)38)33-23-13-25-35-37(33)32-22-11-12-24-34(32)40-35/h1-25H. The van der Waals surface area contributed by atoms with Crippen molar-refractivity contribution in [1.29, 1.82) is 0 Å². The van der Waals surface area contributed by atoms with Crippen molar-refractivity contribution in [2.45, 2.75) is 0 Å². The van der Waals surface area contributed by atoms with Gasteiger partial charge in [0.1, 0.15) is 11.2 Å². The fraction of sp³-hybridized carbons (Fsp3) is 0. The van der Waals surface area contributed by atoms with Crippen molar-refractivity contribution in [3.05, 3.63) is 152 Å². The molecule has 0 saturated carbocycles. The molecule has 0 aliphatic carbocycles. The van der Waals surface area contributed by atoms with Crippen molar-refractivity contribution >= 4 is 66.5 Å². The third-order valence-electron chi connectivity index (χ3n) is 8.13. The summed E-state index contributed by atoms with van der Waals surface area (Å²) in [5.74, 6) is 0. The molecule has 41 heavy (non-hydrogen) atoms. The summed E-state index contributed by atoms with van der Waals surface area (Å²) in [6.45, 7) is 0. The first-order valence-electron chi connectivity index (χ1n) is 13.8. The van der Waals surface area contributed by atoms with Crippen LogP contribution in [0.5, 0.6) is 0 Å². The molecule has 1 aromatic heterocycles. The van der Waals surface area contributed by atoms with Crippen LogP contribution < -0.4 is 15.9 Å². The second kappa shape index (κ2) is 9.34. The molecule has 0 aliphatic heterocycles. The largest absolute Gasteiger partial charge is 0.456 e. The molecule has 0 N–H and O–H groups in total. The molecule has 0 amide bonds. The average molecular weight is 545 g/mol. The molecule has 0 spiro atoms. The Balaban J connectivity index is 1.58. The van der Waals surface area contributed by atoms with Crippen molar-refractivity contribution < 1.29 is 8.98 Å². The lowest BCUT2D eigenvalue weighted by Crippen LogP contribution is -2.26. The summed E-state index contributed by atoms with van der Waals surface area (Å²) in [6.07, 6.45) is 0. The van der Waals surface area contributed by atoms with Gasteiger partial charge < -0.3 is 8.98 Å². The highest BCUT2D eigenvalue weighted by molar-refractivity contribution is 7.86. The van der Waals surface area contributed by atoms with Crippen molar-refractivity contribution in [3.63, 3.8) is 0 Å². The Morgan fingerprint density at radius 1 is 0.415 bits per heavy atom. The van der Waals surface area contributed by atoms with E-state index in [1.165, 1.54) is 0 Å². The SMILES string of the molecule is O=P(c1ccccc1)(c1ccccc1)c1c2ccccc2c(-c2cccc3oc4ccccc4c23)c2ccccc12. The molecular formula is C38H25O2P. The fourth-order valence-corrected chi connectivity index (χ4v) is 9.47. The van der Waals surface area contributed by atoms with Crippen LogP contribution >= 0.6 is 7.14 Å². The zero-order chi connectivity index (χ0) is 27.4. The normalized spacial score (nSPS) is 12.0. The average Bonchev–Trinajstić information content (AvgIpc) is 3.43. The first-order chi connectivity index (χ1) is 20.2. The molecule has 194 valence electrons. The molecule has 0 fully saturated rings. The molecule has 7 aromatic carbocycles. The van der Waals surface area contributed by atoms with Crippen molar-refractivity contribution in [2.24, 2.45) is 0 Å². The van der Waals surface area contributed by atoms with Crippen LogP contribution in [0.25, 0.3) is 54.6 Å². The molecule has 0 radical (unpaired) electrons. The van der Waals surface area contributed by atoms with E-state index in [1.54, 1.807) is 0 Å². The second-order valence-electron chi connectivity index (χ2n) is 10.4. The van der Waals surface area contributed by atoms with Gasteiger partial charge in [0.05, 0.1) is 0 Å². The lowest BCUT2D eigenvalue weighted by molar-refractivity contribution is 0.593. The van der Waals surface area contributed by atoms with E-state index in [4.69, 9.17) is 4.42 Å². The summed E-state index contributed by atoms with van der Waals surface area (Å²) >= 11 is 0. The molecule has 0 aliphatic rings. The Morgan fingerprint density at radius 3 is 1.46 bits per heavy atom. The highest BCUT2D eigenvalue weighted by Gasteiger charge is 2.34. The minimum absolute atomic E-state index is 0.831. The van der Waals surface area contributed by atoms with Crippen LogP contribution in [0.1, 0.15) is 0 Å². The molecule has 8 rings (SSSR count). The van der Waals surface area contributed by atoms with Crippen LogP contribution in [0.3, 0.4) is 0 Å². The van der Waals surface area contributed by atoms with Crippen LogP contribution in [0.4, 0.5) is 0 Å². The van der Waals surface area contributed by atoms with Gasteiger partial charge in [-0.3, -0.25) is 0 Å². The van der Waals surface area contributed by atoms with Gasteiger partial charge in [0.2, 0.25) is 0 Å². The Hall–Kier alpha value is -4.91. The van der Waals surface area contributed by atoms with Crippen LogP contribution in [0.2, 0.25) is 0 Å². The predicted molar refractivity (Wildman–Crippen MR) is 174 cm³/mol. The summed E-state index contributed by atoms with van der Waals surface area (Å²) in [4.78, 5) is 0. The highest BCUT2D eigenvalue weighted by atomic mass is 31.2. The van der Waals surface area contributed by atoms with Gasteiger partial charge in [0.25, 0.3) is 0 Å². The lowest BCUT2D eigenvalue weighted by atomic mass is 9.90. The quantitative estimate of drug-likeness (QED) is 0.163. The first kappa shape index (κ1) is 23.9. The summed E-state index contributed by atoms with van der Waals surface area (Å²) in [5.41, 5.74) is 3.98. The second-order valence-corrected chi connectivity index (χ2v) is 13.1. The third-order valence-corrected chi connectivity index (χ3v) is 11.3. The summed E-state index contributed by atoms with van der Waals surface area (Å²) in [7, 11) is -3.27. The number of para-hydroxylation sites is 1. The molecule has 8 aromatic rings. The zero-order valence-corrected chi connectivity index (χ0v) is 23.1. The van der Waals surface area contributed by atoms with Crippen LogP contribution in [0.15, 0.2) is 156 Å². The number of benzene rings is 7. The molecule has 1 heterocycles. The van der Waals surface area contributed by atoms with Gasteiger partial charge in [0.15, 0.2) is 7.14 Å². The van der Waals surface area contributed by atoms with Crippen LogP contribution in [-0.4, -0.2) is 0 Å². The Morgan fingerprint density at radius 2 is 0.878 bits per heavy atom. The van der Waals surface area contributed by atoms with E-state index in [0.717, 1.165) is 70.5 Å². The molecular weight excluding hydrogens is 519 g/mol. The van der Waals surface area contributed by atoms with Crippen molar-refractivity contribution in [3.8, 4) is 11.1 Å². The number of fused-ring (bicyclic) bond motifs is 5. The number of hydrogen-bond acceptors (Lipinski definition) is 2. The van der Waals surface area contributed by atoms with E-state index in [9.17, 15) is 0 Å². The summed E-state index contributed by atoms with van der Waals surface area (Å²) < 4.78 is 22.1. The molecule has 3 heteroatoms. The maximum absolute atomic E-state index is 15.8. The van der Waals surface area contributed by atoms with Gasteiger partial charge in [-0.2, -0.15) is 0 Å². The topological polar surface area (TPSA) is 30.2 Å². The maximum atomic E-state index is 15.8. The van der Waals surface area contributed by atoms with Gasteiger partial charge >= 0.3 is 0 Å². The Kier molecular flexibility index (Phi) is 5.45. The Labute approximate surface area is 237 Å². The molecule has 0 atom stereocenters. The van der Waals surface area contributed by atoms with Crippen molar-refractivity contribution in [1.82, 2.24) is 0 Å². The third kappa shape index (κ3) is 3.55. The first-order valence-corrected chi connectivity index (χ1v) is 15.5. The molecule has 0 unspecified atom stereocenters. The number of furan rings is 1. The number of rotatable bonds is 4. The van der Waals surface area contributed by atoms with Gasteiger partial charge in [-0.25, -0.2) is 0 Å². The van der Waals surface area contributed by atoms with E-state index in [-0.39, 0.29) is 0 Å². The monoisotopic (exact) mass is 544 g/mol. The van der Waals surface area contributed by atoms with Crippen LogP contribution in [-0.2, 0) is 4.57 Å². The predicted octanol–water partition coefficient (Wildman–Crippen LogP) is 9.20. The van der Waals surface area contributed by atoms with Gasteiger partial charge in [-0.1, -0.05) is 140 Å². The molecule has 2 nitrogen and oxygen atoms in total.